The Kier molecular flexibility index (Phi) is 23.1. The number of aliphatic hydroxyl groups is 1. The van der Waals surface area contributed by atoms with Crippen LogP contribution in [-0.2, 0) is 86.1 Å². The van der Waals surface area contributed by atoms with E-state index in [2.05, 4.69) is 77.9 Å². The molecule has 3 aromatic carbocycles. The van der Waals surface area contributed by atoms with Crippen molar-refractivity contribution in [2.24, 2.45) is 29.6 Å². The van der Waals surface area contributed by atoms with Crippen molar-refractivity contribution < 1.29 is 77.2 Å². The molecule has 0 amide bonds. The monoisotopic (exact) mass is 1070 g/mol. The summed E-state index contributed by atoms with van der Waals surface area (Å²) in [6.07, 6.45) is -4.07. The number of methoxy groups -OCH3 is 2. The molecule has 1 N–H and O–H groups in total. The van der Waals surface area contributed by atoms with Crippen LogP contribution in [0.15, 0.2) is 91.0 Å². The third kappa shape index (κ3) is 16.3. The number of hydrogen-bond donors (Lipinski definition) is 1. The number of fused-ring (bicyclic) bond motifs is 2. The molecule has 16 heteroatoms. The molecule has 6 aliphatic heterocycles. The number of alkyl halides is 1. The zero-order valence-electron chi connectivity index (χ0n) is 48.5. The van der Waals surface area contributed by atoms with Gasteiger partial charge in [0.15, 0.2) is 30.4 Å². The van der Waals surface area contributed by atoms with Crippen molar-refractivity contribution >= 4 is 0 Å². The van der Waals surface area contributed by atoms with Crippen LogP contribution in [0.5, 0.6) is 0 Å². The Morgan fingerprint density at radius 1 is 0.487 bits per heavy atom. The fraction of sp³-hybridized carbons (Fsp3) is 0.700. The molecule has 0 spiro atoms. The largest absolute Gasteiger partial charge is 0.388 e. The summed E-state index contributed by atoms with van der Waals surface area (Å²) in [5.74, 6) is 0.373. The molecule has 6 aliphatic rings. The van der Waals surface area contributed by atoms with E-state index in [9.17, 15) is 9.50 Å². The van der Waals surface area contributed by atoms with Crippen molar-refractivity contribution in [3.8, 4) is 0 Å². The Labute approximate surface area is 454 Å². The summed E-state index contributed by atoms with van der Waals surface area (Å²) in [7, 11) is 2.18. The fourth-order valence-corrected chi connectivity index (χ4v) is 10.9. The maximum Gasteiger partial charge on any atom is 0.186 e. The van der Waals surface area contributed by atoms with Crippen LogP contribution >= 0.6 is 0 Å². The van der Waals surface area contributed by atoms with Gasteiger partial charge in [0.1, 0.15) is 36.6 Å². The van der Waals surface area contributed by atoms with Gasteiger partial charge < -0.3 is 71.4 Å². The van der Waals surface area contributed by atoms with Crippen LogP contribution in [0.25, 0.3) is 0 Å². The predicted octanol–water partition coefficient (Wildman–Crippen LogP) is 9.83. The summed E-state index contributed by atoms with van der Waals surface area (Å²) < 4.78 is 98.9. The second-order valence-electron chi connectivity index (χ2n) is 22.1. The molecule has 0 aliphatic carbocycles. The summed E-state index contributed by atoms with van der Waals surface area (Å²) in [4.78, 5) is 0. The van der Waals surface area contributed by atoms with Crippen LogP contribution in [0.4, 0.5) is 4.39 Å². The highest BCUT2D eigenvalue weighted by molar-refractivity contribution is 5.15. The third-order valence-corrected chi connectivity index (χ3v) is 15.8. The lowest BCUT2D eigenvalue weighted by molar-refractivity contribution is -0.325. The minimum absolute atomic E-state index is 0.0514. The van der Waals surface area contributed by atoms with Gasteiger partial charge in [0.25, 0.3) is 0 Å². The van der Waals surface area contributed by atoms with Crippen molar-refractivity contribution in [1.29, 1.82) is 0 Å². The van der Waals surface area contributed by atoms with Crippen LogP contribution in [-0.4, -0.2) is 143 Å². The molecular weight excluding hydrogens is 980 g/mol. The molecule has 9 rings (SSSR count). The van der Waals surface area contributed by atoms with Gasteiger partial charge in [-0.3, -0.25) is 4.39 Å². The van der Waals surface area contributed by atoms with Gasteiger partial charge in [-0.1, -0.05) is 126 Å². The van der Waals surface area contributed by atoms with Crippen LogP contribution in [0, 0.1) is 29.6 Å². The molecule has 0 aromatic heterocycles. The van der Waals surface area contributed by atoms with E-state index in [4.69, 9.17) is 67.7 Å². The molecule has 0 saturated carbocycles. The minimum Gasteiger partial charge on any atom is -0.388 e. The molecular formula is C60H91FO15. The summed E-state index contributed by atoms with van der Waals surface area (Å²) in [6, 6.07) is 30.8. The Morgan fingerprint density at radius 3 is 1.39 bits per heavy atom. The van der Waals surface area contributed by atoms with E-state index in [1.54, 1.807) is 21.1 Å². The lowest BCUT2D eigenvalue weighted by Crippen LogP contribution is -2.59. The predicted molar refractivity (Wildman–Crippen MR) is 284 cm³/mol. The van der Waals surface area contributed by atoms with E-state index in [0.717, 1.165) is 5.56 Å². The van der Waals surface area contributed by atoms with E-state index in [-0.39, 0.29) is 79.4 Å². The first-order valence-electron chi connectivity index (χ1n) is 27.9. The third-order valence-electron chi connectivity index (χ3n) is 15.8. The van der Waals surface area contributed by atoms with Crippen molar-refractivity contribution in [2.75, 3.05) is 34.6 Å². The van der Waals surface area contributed by atoms with Crippen molar-refractivity contribution in [2.45, 2.75) is 207 Å². The second kappa shape index (κ2) is 28.9. The van der Waals surface area contributed by atoms with Gasteiger partial charge in [-0.05, 0) is 88.8 Å². The Bertz CT molecular complexity index is 2100. The van der Waals surface area contributed by atoms with Crippen LogP contribution in [0.2, 0.25) is 0 Å². The SMILES string of the molecule is CC1OC(COCc2ccccc2)C(C)C(C)C1OCc1ccccc1.COC1OC(C)C(O)C2OC(C)(C)OC12.COC1OC(C)C(OC2OC(COCc3ccccc3)C(C)C(C)C2C)C2OC(C)(C)OC12.[2H]CF. The topological polar surface area (TPSA) is 149 Å². The summed E-state index contributed by atoms with van der Waals surface area (Å²) in [5.41, 5.74) is 3.55. The van der Waals surface area contributed by atoms with Gasteiger partial charge in [-0.25, -0.2) is 0 Å². The normalized spacial score (nSPS) is 38.3. The Hall–Kier alpha value is -3.01. The highest BCUT2D eigenvalue weighted by Crippen LogP contribution is 2.43. The van der Waals surface area contributed by atoms with Gasteiger partial charge >= 0.3 is 0 Å². The molecule has 76 heavy (non-hydrogen) atoms. The first-order chi connectivity index (χ1) is 36.7. The molecule has 0 radical (unpaired) electrons. The van der Waals surface area contributed by atoms with E-state index in [1.807, 2.05) is 89.2 Å². The number of ether oxygens (including phenoxy) is 14. The molecule has 15 nitrogen and oxygen atoms in total. The molecule has 6 saturated heterocycles. The van der Waals surface area contributed by atoms with Crippen molar-refractivity contribution in [3.05, 3.63) is 108 Å². The van der Waals surface area contributed by atoms with Crippen molar-refractivity contribution in [1.82, 2.24) is 0 Å². The van der Waals surface area contributed by atoms with Crippen LogP contribution in [0.3, 0.4) is 0 Å². The molecule has 6 fully saturated rings. The highest BCUT2D eigenvalue weighted by atomic mass is 19.1. The number of benzene rings is 3. The van der Waals surface area contributed by atoms with Gasteiger partial charge in [0.2, 0.25) is 0 Å². The number of rotatable bonds is 15. The lowest BCUT2D eigenvalue weighted by Gasteiger charge is -2.47. The highest BCUT2D eigenvalue weighted by Gasteiger charge is 2.57. The van der Waals surface area contributed by atoms with Crippen LogP contribution < -0.4 is 0 Å². The first kappa shape index (κ1) is 60.6. The summed E-state index contributed by atoms with van der Waals surface area (Å²) in [6.45, 7) is 27.5. The molecule has 20 atom stereocenters. The molecule has 3 aromatic rings. The zero-order valence-corrected chi connectivity index (χ0v) is 47.5. The average molecular weight is 1070 g/mol. The summed E-state index contributed by atoms with van der Waals surface area (Å²) in [5, 5.41) is 9.91. The standard InChI is InChI=1S/C26H40O7.C23H30O3.C10H18O5.CH3F/c1-15-16(2)20(14-28-13-19-11-9-8-10-12-19)30-24(17(15)3)31-21-18(4)29-25(27-7)23-22(21)32-26(5,6)33-23;1-17-18(2)23(25-15-21-12-8-5-9-13-21)19(3)26-22(17)16-24-14-20-10-6-4-7-11-20;1-5-6(11)7-8(9(12-4)13-5)15-10(2,3)14-7;1-2/h8-12,15-18,20-25H,13-14H2,1-7H3;4-13,17-19,22-23H,14-16H2,1-3H3;5-9,11H,1-4H3;1H3/i;;;1D. The van der Waals surface area contributed by atoms with Crippen molar-refractivity contribution in [3.63, 3.8) is 0 Å². The van der Waals surface area contributed by atoms with Crippen LogP contribution in [0.1, 0.15) is 101 Å². The quantitative estimate of drug-likeness (QED) is 0.154. The number of halogens is 1. The maximum absolute atomic E-state index is 9.96. The average Bonchev–Trinajstić information content (AvgIpc) is 3.95. The van der Waals surface area contributed by atoms with Gasteiger partial charge in [-0.2, -0.15) is 0 Å². The molecule has 20 unspecified atom stereocenters. The van der Waals surface area contributed by atoms with Gasteiger partial charge in [-0.15, -0.1) is 0 Å². The smallest absolute Gasteiger partial charge is 0.186 e. The first-order valence-corrected chi connectivity index (χ1v) is 27.2. The van der Waals surface area contributed by atoms with E-state index < -0.39 is 37.4 Å². The molecule has 6 heterocycles. The minimum atomic E-state index is -1.00. The van der Waals surface area contributed by atoms with E-state index >= 15 is 0 Å². The summed E-state index contributed by atoms with van der Waals surface area (Å²) >= 11 is 0. The van der Waals surface area contributed by atoms with E-state index in [0.29, 0.717) is 56.7 Å². The molecule has 428 valence electrons. The maximum atomic E-state index is 9.96. The van der Waals surface area contributed by atoms with E-state index in [1.165, 1.54) is 11.1 Å². The lowest BCUT2D eigenvalue weighted by atomic mass is 9.79. The van der Waals surface area contributed by atoms with Gasteiger partial charge in [0.05, 0.1) is 78.2 Å². The second-order valence-corrected chi connectivity index (χ2v) is 22.1. The number of hydrogen-bond acceptors (Lipinski definition) is 15. The Balaban J connectivity index is 0.000000194. The van der Waals surface area contributed by atoms with Gasteiger partial charge in [0, 0.05) is 20.1 Å². The zero-order chi connectivity index (χ0) is 56.0. The molecule has 0 bridgehead atoms. The fourth-order valence-electron chi connectivity index (χ4n) is 10.9. The number of aliphatic hydroxyl groups excluding tert-OH is 1. The Morgan fingerprint density at radius 2 is 0.895 bits per heavy atom.